The van der Waals surface area contributed by atoms with Gasteiger partial charge in [0.15, 0.2) is 0 Å². The molecule has 0 aliphatic heterocycles. The Kier molecular flexibility index (Phi) is 5.44. The zero-order valence-electron chi connectivity index (χ0n) is 12.4. The summed E-state index contributed by atoms with van der Waals surface area (Å²) in [5.41, 5.74) is 1.82. The molecule has 0 aliphatic rings. The van der Waals surface area contributed by atoms with Crippen LogP contribution in [-0.2, 0) is 17.8 Å². The van der Waals surface area contributed by atoms with Crippen LogP contribution in [0.5, 0.6) is 0 Å². The zero-order valence-corrected chi connectivity index (χ0v) is 14.8. The van der Waals surface area contributed by atoms with E-state index in [0.717, 1.165) is 11.1 Å². The number of carbonyl (C=O) groups excluding carboxylic acids is 1. The second-order valence-electron chi connectivity index (χ2n) is 4.99. The molecule has 0 fully saturated rings. The minimum atomic E-state index is -0.186. The highest BCUT2D eigenvalue weighted by Gasteiger charge is 2.09. The van der Waals surface area contributed by atoms with Gasteiger partial charge in [-0.2, -0.15) is 16.1 Å². The number of halogens is 2. The zero-order chi connectivity index (χ0) is 16.9. The standard InChI is InChI=1S/C15H13Cl2N5OS/c16-12-2-1-10(13(17)7-12)3-5-18-14(23)8-22-20-15(19-21-22)11-4-6-24-9-11/h1-2,4,6-7,9H,3,5,8H2,(H,18,23). The van der Waals surface area contributed by atoms with Crippen molar-refractivity contribution in [2.24, 2.45) is 0 Å². The van der Waals surface area contributed by atoms with E-state index in [2.05, 4.69) is 20.7 Å². The van der Waals surface area contributed by atoms with Crippen LogP contribution in [0.4, 0.5) is 0 Å². The van der Waals surface area contributed by atoms with Gasteiger partial charge in [-0.05, 0) is 40.8 Å². The topological polar surface area (TPSA) is 72.7 Å². The average Bonchev–Trinajstić information content (AvgIpc) is 3.20. The molecular weight excluding hydrogens is 369 g/mol. The van der Waals surface area contributed by atoms with Gasteiger partial charge >= 0.3 is 0 Å². The van der Waals surface area contributed by atoms with Crippen molar-refractivity contribution in [2.75, 3.05) is 6.54 Å². The number of carbonyl (C=O) groups is 1. The number of nitrogens with zero attached hydrogens (tertiary/aromatic N) is 4. The van der Waals surface area contributed by atoms with Crippen LogP contribution in [-0.4, -0.2) is 32.7 Å². The Morgan fingerprint density at radius 3 is 2.92 bits per heavy atom. The van der Waals surface area contributed by atoms with Gasteiger partial charge in [-0.1, -0.05) is 29.3 Å². The number of tetrazole rings is 1. The van der Waals surface area contributed by atoms with Gasteiger partial charge in [-0.25, -0.2) is 0 Å². The van der Waals surface area contributed by atoms with Crippen LogP contribution in [0, 0.1) is 0 Å². The summed E-state index contributed by atoms with van der Waals surface area (Å²) in [6.07, 6.45) is 0.618. The van der Waals surface area contributed by atoms with Gasteiger partial charge in [0.2, 0.25) is 11.7 Å². The van der Waals surface area contributed by atoms with Crippen molar-refractivity contribution in [1.29, 1.82) is 0 Å². The number of hydrogen-bond acceptors (Lipinski definition) is 5. The van der Waals surface area contributed by atoms with Gasteiger partial charge in [0, 0.05) is 27.5 Å². The molecule has 0 atom stereocenters. The van der Waals surface area contributed by atoms with Gasteiger partial charge < -0.3 is 5.32 Å². The molecule has 3 aromatic rings. The quantitative estimate of drug-likeness (QED) is 0.711. The Morgan fingerprint density at radius 2 is 2.17 bits per heavy atom. The fourth-order valence-corrected chi connectivity index (χ4v) is 3.20. The van der Waals surface area contributed by atoms with Gasteiger partial charge in [-0.3, -0.25) is 4.79 Å². The molecule has 2 heterocycles. The summed E-state index contributed by atoms with van der Waals surface area (Å²) >= 11 is 13.5. The summed E-state index contributed by atoms with van der Waals surface area (Å²) in [5, 5.41) is 19.9. The van der Waals surface area contributed by atoms with Crippen molar-refractivity contribution in [3.8, 4) is 11.4 Å². The minimum Gasteiger partial charge on any atom is -0.354 e. The lowest BCUT2D eigenvalue weighted by atomic mass is 10.1. The summed E-state index contributed by atoms with van der Waals surface area (Å²) in [6, 6.07) is 7.21. The highest BCUT2D eigenvalue weighted by molar-refractivity contribution is 7.08. The molecule has 0 unspecified atom stereocenters. The Hall–Kier alpha value is -1.96. The number of aromatic nitrogens is 4. The molecule has 0 bridgehead atoms. The van der Waals surface area contributed by atoms with E-state index in [1.807, 2.05) is 22.9 Å². The summed E-state index contributed by atoms with van der Waals surface area (Å²) in [6.45, 7) is 0.484. The summed E-state index contributed by atoms with van der Waals surface area (Å²) in [5.74, 6) is 0.325. The Morgan fingerprint density at radius 1 is 1.29 bits per heavy atom. The maximum Gasteiger partial charge on any atom is 0.243 e. The first-order valence-electron chi connectivity index (χ1n) is 7.13. The minimum absolute atomic E-state index is 0.0193. The molecule has 24 heavy (non-hydrogen) atoms. The Labute approximate surface area is 152 Å². The lowest BCUT2D eigenvalue weighted by molar-refractivity contribution is -0.122. The van der Waals surface area contributed by atoms with E-state index in [1.54, 1.807) is 23.5 Å². The van der Waals surface area contributed by atoms with E-state index in [0.29, 0.717) is 28.8 Å². The van der Waals surface area contributed by atoms with E-state index in [9.17, 15) is 4.79 Å². The fraction of sp³-hybridized carbons (Fsp3) is 0.200. The van der Waals surface area contributed by atoms with E-state index >= 15 is 0 Å². The van der Waals surface area contributed by atoms with Crippen LogP contribution in [0.3, 0.4) is 0 Å². The van der Waals surface area contributed by atoms with Crippen molar-refractivity contribution in [3.63, 3.8) is 0 Å². The van der Waals surface area contributed by atoms with Crippen molar-refractivity contribution in [1.82, 2.24) is 25.5 Å². The number of amides is 1. The summed E-state index contributed by atoms with van der Waals surface area (Å²) in [7, 11) is 0. The molecule has 6 nitrogen and oxygen atoms in total. The van der Waals surface area contributed by atoms with Crippen LogP contribution in [0.25, 0.3) is 11.4 Å². The molecule has 0 radical (unpaired) electrons. The molecule has 2 aromatic heterocycles. The lowest BCUT2D eigenvalue weighted by Crippen LogP contribution is -2.30. The molecule has 9 heteroatoms. The van der Waals surface area contributed by atoms with Crippen molar-refractivity contribution >= 4 is 40.4 Å². The monoisotopic (exact) mass is 381 g/mol. The van der Waals surface area contributed by atoms with E-state index in [1.165, 1.54) is 4.80 Å². The Balaban J connectivity index is 1.49. The van der Waals surface area contributed by atoms with Gasteiger partial charge in [0.05, 0.1) is 0 Å². The smallest absolute Gasteiger partial charge is 0.243 e. The normalized spacial score (nSPS) is 10.8. The summed E-state index contributed by atoms with van der Waals surface area (Å²) in [4.78, 5) is 13.2. The summed E-state index contributed by atoms with van der Waals surface area (Å²) < 4.78 is 0. The maximum atomic E-state index is 11.9. The fourth-order valence-electron chi connectivity index (χ4n) is 2.06. The first-order chi connectivity index (χ1) is 11.6. The van der Waals surface area contributed by atoms with Crippen molar-refractivity contribution in [3.05, 3.63) is 50.6 Å². The molecule has 124 valence electrons. The highest BCUT2D eigenvalue weighted by Crippen LogP contribution is 2.21. The first-order valence-corrected chi connectivity index (χ1v) is 8.83. The molecule has 1 aromatic carbocycles. The molecule has 1 N–H and O–H groups in total. The molecule has 0 saturated carbocycles. The maximum absolute atomic E-state index is 11.9. The number of rotatable bonds is 6. The van der Waals surface area contributed by atoms with Crippen molar-refractivity contribution < 1.29 is 4.79 Å². The number of nitrogens with one attached hydrogen (secondary N) is 1. The number of benzene rings is 1. The van der Waals surface area contributed by atoms with Crippen LogP contribution < -0.4 is 5.32 Å². The molecular formula is C15H13Cl2N5OS. The molecule has 3 rings (SSSR count). The van der Waals surface area contributed by atoms with Crippen molar-refractivity contribution in [2.45, 2.75) is 13.0 Å². The second-order valence-corrected chi connectivity index (χ2v) is 6.61. The van der Waals surface area contributed by atoms with Crippen LogP contribution in [0.15, 0.2) is 35.0 Å². The molecule has 0 saturated heterocycles. The van der Waals surface area contributed by atoms with Crippen LogP contribution >= 0.6 is 34.5 Å². The third-order valence-electron chi connectivity index (χ3n) is 3.25. The third-order valence-corrected chi connectivity index (χ3v) is 4.52. The predicted molar refractivity (Wildman–Crippen MR) is 94.3 cm³/mol. The van der Waals surface area contributed by atoms with E-state index in [-0.39, 0.29) is 12.5 Å². The third kappa shape index (κ3) is 4.31. The number of hydrogen-bond donors (Lipinski definition) is 1. The highest BCUT2D eigenvalue weighted by atomic mass is 35.5. The van der Waals surface area contributed by atoms with Crippen LogP contribution in [0.1, 0.15) is 5.56 Å². The Bertz CT molecular complexity index is 834. The SMILES string of the molecule is O=C(Cn1nnc(-c2ccsc2)n1)NCCc1ccc(Cl)cc1Cl. The first kappa shape index (κ1) is 16.9. The van der Waals surface area contributed by atoms with Gasteiger partial charge in [0.1, 0.15) is 6.54 Å². The number of thiophene rings is 1. The largest absolute Gasteiger partial charge is 0.354 e. The van der Waals surface area contributed by atoms with Crippen LogP contribution in [0.2, 0.25) is 10.0 Å². The molecule has 1 amide bonds. The van der Waals surface area contributed by atoms with E-state index < -0.39 is 0 Å². The van der Waals surface area contributed by atoms with Gasteiger partial charge in [-0.15, -0.1) is 10.2 Å². The van der Waals surface area contributed by atoms with E-state index in [4.69, 9.17) is 23.2 Å². The lowest BCUT2D eigenvalue weighted by Gasteiger charge is -2.06. The average molecular weight is 382 g/mol. The predicted octanol–water partition coefficient (Wildman–Crippen LogP) is 3.07. The second kappa shape index (κ2) is 7.74. The van der Waals surface area contributed by atoms with Gasteiger partial charge in [0.25, 0.3) is 0 Å². The molecule has 0 spiro atoms. The molecule has 0 aliphatic carbocycles.